The molecule has 1 fully saturated rings. The molecule has 0 spiro atoms. The number of likely N-dealkylation sites (tertiary alicyclic amines) is 1. The Bertz CT molecular complexity index is 797. The molecule has 0 aliphatic carbocycles. The summed E-state index contributed by atoms with van der Waals surface area (Å²) < 4.78 is 53.4. The number of hydrogen-bond donors (Lipinski definition) is 0. The molecule has 1 aromatic carbocycles. The maximum Gasteiger partial charge on any atom is 0.411 e. The smallest absolute Gasteiger partial charge is 0.411 e. The molecule has 0 bridgehead atoms. The SMILES string of the molecule is CC(C)(C)OC(=O)C1CC(CC(F)(F)Cc2ccc(F)cc2)CCN1C(=O)OC(C)(C)C. The van der Waals surface area contributed by atoms with Gasteiger partial charge in [-0.3, -0.25) is 4.90 Å². The summed E-state index contributed by atoms with van der Waals surface area (Å²) in [6.07, 6.45) is -1.24. The van der Waals surface area contributed by atoms with E-state index in [1.807, 2.05) is 0 Å². The van der Waals surface area contributed by atoms with Crippen LogP contribution in [0.2, 0.25) is 0 Å². The first-order chi connectivity index (χ1) is 14.5. The van der Waals surface area contributed by atoms with E-state index in [4.69, 9.17) is 9.47 Å². The molecule has 0 aromatic heterocycles. The van der Waals surface area contributed by atoms with Crippen LogP contribution in [0.25, 0.3) is 0 Å². The van der Waals surface area contributed by atoms with Gasteiger partial charge in [-0.1, -0.05) is 12.1 Å². The molecule has 2 atom stereocenters. The van der Waals surface area contributed by atoms with Crippen molar-refractivity contribution in [2.75, 3.05) is 6.54 Å². The van der Waals surface area contributed by atoms with Crippen LogP contribution in [0, 0.1) is 11.7 Å². The molecule has 2 rings (SSSR count). The van der Waals surface area contributed by atoms with Crippen molar-refractivity contribution in [2.45, 2.75) is 90.4 Å². The molecular weight excluding hydrogens is 423 g/mol. The van der Waals surface area contributed by atoms with Crippen molar-refractivity contribution in [2.24, 2.45) is 5.92 Å². The van der Waals surface area contributed by atoms with Gasteiger partial charge in [-0.05, 0) is 78.0 Å². The fourth-order valence-corrected chi connectivity index (χ4v) is 3.75. The Morgan fingerprint density at radius 2 is 1.56 bits per heavy atom. The number of carbonyl (C=O) groups excluding carboxylic acids is 2. The monoisotopic (exact) mass is 457 g/mol. The summed E-state index contributed by atoms with van der Waals surface area (Å²) in [6, 6.07) is 4.01. The Balaban J connectivity index is 2.13. The lowest BCUT2D eigenvalue weighted by Crippen LogP contribution is -2.53. The molecule has 5 nitrogen and oxygen atoms in total. The number of rotatable bonds is 5. The van der Waals surface area contributed by atoms with Crippen LogP contribution in [0.1, 0.15) is 66.4 Å². The van der Waals surface area contributed by atoms with Crippen LogP contribution < -0.4 is 0 Å². The summed E-state index contributed by atoms with van der Waals surface area (Å²) in [7, 11) is 0. The predicted octanol–water partition coefficient (Wildman–Crippen LogP) is 5.75. The van der Waals surface area contributed by atoms with E-state index in [1.165, 1.54) is 17.0 Å². The minimum absolute atomic E-state index is 0.0627. The highest BCUT2D eigenvalue weighted by atomic mass is 19.3. The average molecular weight is 458 g/mol. The van der Waals surface area contributed by atoms with Gasteiger partial charge in [0.2, 0.25) is 0 Å². The molecule has 1 saturated heterocycles. The molecule has 8 heteroatoms. The van der Waals surface area contributed by atoms with E-state index in [2.05, 4.69) is 0 Å². The van der Waals surface area contributed by atoms with Gasteiger partial charge < -0.3 is 9.47 Å². The second-order valence-electron chi connectivity index (χ2n) is 10.5. The van der Waals surface area contributed by atoms with Gasteiger partial charge >= 0.3 is 12.1 Å². The van der Waals surface area contributed by atoms with Crippen molar-refractivity contribution in [1.29, 1.82) is 0 Å². The third kappa shape index (κ3) is 8.36. The van der Waals surface area contributed by atoms with Crippen LogP contribution in [0.15, 0.2) is 24.3 Å². The topological polar surface area (TPSA) is 55.8 Å². The molecule has 32 heavy (non-hydrogen) atoms. The molecular formula is C24H34F3NO4. The van der Waals surface area contributed by atoms with Crippen LogP contribution in [-0.2, 0) is 20.7 Å². The normalized spacial score (nSPS) is 20.1. The molecule has 0 saturated carbocycles. The van der Waals surface area contributed by atoms with Gasteiger partial charge in [0.1, 0.15) is 23.1 Å². The van der Waals surface area contributed by atoms with Crippen molar-refractivity contribution in [3.05, 3.63) is 35.6 Å². The average Bonchev–Trinajstić information content (AvgIpc) is 2.60. The number of halogens is 3. The molecule has 1 aromatic rings. The Labute approximate surface area is 188 Å². The van der Waals surface area contributed by atoms with Crippen molar-refractivity contribution >= 4 is 12.1 Å². The van der Waals surface area contributed by atoms with Crippen LogP contribution in [-0.4, -0.2) is 46.7 Å². The van der Waals surface area contributed by atoms with Gasteiger partial charge in [-0.2, -0.15) is 0 Å². The Hall–Kier alpha value is -2.25. The van der Waals surface area contributed by atoms with Crippen molar-refractivity contribution < 1.29 is 32.2 Å². The Kier molecular flexibility index (Phi) is 7.89. The number of hydrogen-bond acceptors (Lipinski definition) is 4. The summed E-state index contributed by atoms with van der Waals surface area (Å²) in [4.78, 5) is 26.8. The third-order valence-electron chi connectivity index (χ3n) is 4.98. The van der Waals surface area contributed by atoms with E-state index in [0.29, 0.717) is 12.0 Å². The molecule has 0 radical (unpaired) electrons. The maximum atomic E-state index is 14.8. The van der Waals surface area contributed by atoms with Crippen LogP contribution in [0.3, 0.4) is 0 Å². The van der Waals surface area contributed by atoms with Crippen LogP contribution in [0.5, 0.6) is 0 Å². The third-order valence-corrected chi connectivity index (χ3v) is 4.98. The second kappa shape index (κ2) is 9.71. The van der Waals surface area contributed by atoms with E-state index in [1.54, 1.807) is 41.5 Å². The summed E-state index contributed by atoms with van der Waals surface area (Å²) in [5.74, 6) is -4.63. The minimum Gasteiger partial charge on any atom is -0.458 e. The highest BCUT2D eigenvalue weighted by Gasteiger charge is 2.43. The lowest BCUT2D eigenvalue weighted by molar-refractivity contribution is -0.164. The molecule has 1 amide bonds. The molecule has 0 N–H and O–H groups in total. The number of amides is 1. The Morgan fingerprint density at radius 3 is 2.09 bits per heavy atom. The fourth-order valence-electron chi connectivity index (χ4n) is 3.75. The number of piperidine rings is 1. The summed E-state index contributed by atoms with van der Waals surface area (Å²) in [5.41, 5.74) is -1.20. The number of ether oxygens (including phenoxy) is 2. The number of benzene rings is 1. The standard InChI is InChI=1S/C24H34F3NO4/c1-22(2,3)31-20(29)19-13-17(11-12-28(19)21(30)32-23(4,5)6)15-24(26,27)14-16-7-9-18(25)10-8-16/h7-10,17,19H,11-15H2,1-6H3. The van der Waals surface area contributed by atoms with Crippen molar-refractivity contribution in [3.63, 3.8) is 0 Å². The molecule has 2 unspecified atom stereocenters. The second-order valence-corrected chi connectivity index (χ2v) is 10.5. The Morgan fingerprint density at radius 1 is 1.00 bits per heavy atom. The van der Waals surface area contributed by atoms with Gasteiger partial charge in [0.05, 0.1) is 0 Å². The number of esters is 1. The summed E-state index contributed by atoms with van der Waals surface area (Å²) >= 11 is 0. The zero-order valence-corrected chi connectivity index (χ0v) is 19.7. The van der Waals surface area contributed by atoms with E-state index < -0.39 is 59.8 Å². The van der Waals surface area contributed by atoms with Gasteiger partial charge in [0, 0.05) is 19.4 Å². The minimum atomic E-state index is -3.03. The largest absolute Gasteiger partial charge is 0.458 e. The summed E-state index contributed by atoms with van der Waals surface area (Å²) in [6.45, 7) is 10.4. The van der Waals surface area contributed by atoms with Gasteiger partial charge in [-0.25, -0.2) is 22.8 Å². The summed E-state index contributed by atoms with van der Waals surface area (Å²) in [5, 5.41) is 0. The lowest BCUT2D eigenvalue weighted by atomic mass is 9.85. The first-order valence-electron chi connectivity index (χ1n) is 10.9. The maximum absolute atomic E-state index is 14.8. The predicted molar refractivity (Wildman–Crippen MR) is 115 cm³/mol. The number of nitrogens with zero attached hydrogens (tertiary/aromatic N) is 1. The van der Waals surface area contributed by atoms with Crippen molar-refractivity contribution in [1.82, 2.24) is 4.90 Å². The molecule has 1 aliphatic heterocycles. The van der Waals surface area contributed by atoms with Gasteiger partial charge in [0.25, 0.3) is 5.92 Å². The first kappa shape index (κ1) is 26.0. The fraction of sp³-hybridized carbons (Fsp3) is 0.667. The zero-order chi connectivity index (χ0) is 24.3. The first-order valence-corrected chi connectivity index (χ1v) is 10.9. The molecule has 180 valence electrons. The lowest BCUT2D eigenvalue weighted by Gasteiger charge is -2.40. The van der Waals surface area contributed by atoms with Gasteiger partial charge in [0.15, 0.2) is 0 Å². The number of carbonyl (C=O) groups is 2. The molecule has 1 aliphatic rings. The van der Waals surface area contributed by atoms with Crippen molar-refractivity contribution in [3.8, 4) is 0 Å². The highest BCUT2D eigenvalue weighted by molar-refractivity contribution is 5.82. The van der Waals surface area contributed by atoms with Crippen LogP contribution in [0.4, 0.5) is 18.0 Å². The highest BCUT2D eigenvalue weighted by Crippen LogP contribution is 2.36. The van der Waals surface area contributed by atoms with E-state index in [0.717, 1.165) is 12.1 Å². The quantitative estimate of drug-likeness (QED) is 0.528. The van der Waals surface area contributed by atoms with E-state index >= 15 is 0 Å². The van der Waals surface area contributed by atoms with Crippen LogP contribution >= 0.6 is 0 Å². The van der Waals surface area contributed by atoms with E-state index in [-0.39, 0.29) is 13.0 Å². The number of alkyl halides is 2. The van der Waals surface area contributed by atoms with Gasteiger partial charge in [-0.15, -0.1) is 0 Å². The zero-order valence-electron chi connectivity index (χ0n) is 19.7. The van der Waals surface area contributed by atoms with E-state index in [9.17, 15) is 22.8 Å². The molecule has 1 heterocycles.